The molecule has 0 aliphatic rings. The monoisotopic (exact) mass is 306 g/mol. The molecule has 0 saturated heterocycles. The lowest BCUT2D eigenvalue weighted by Gasteiger charge is -2.17. The predicted molar refractivity (Wildman–Crippen MR) is 83.5 cm³/mol. The molecule has 1 atom stereocenters. The maximum atomic E-state index is 12.4. The molecule has 0 aliphatic carbocycles. The van der Waals surface area contributed by atoms with Crippen molar-refractivity contribution in [3.63, 3.8) is 0 Å². The van der Waals surface area contributed by atoms with Crippen molar-refractivity contribution >= 4 is 13.3 Å². The third-order valence-corrected chi connectivity index (χ3v) is 5.64. The molecule has 1 unspecified atom stereocenters. The smallest absolute Gasteiger partial charge is 0.306 e. The van der Waals surface area contributed by atoms with Gasteiger partial charge in [0.05, 0.1) is 19.6 Å². The fourth-order valence-corrected chi connectivity index (χ4v) is 3.10. The van der Waals surface area contributed by atoms with Gasteiger partial charge in [-0.3, -0.25) is 9.36 Å². The molecule has 20 heavy (non-hydrogen) atoms. The van der Waals surface area contributed by atoms with Crippen LogP contribution in [0.1, 0.15) is 53.9 Å². The first kappa shape index (κ1) is 19.7. The van der Waals surface area contributed by atoms with Crippen molar-refractivity contribution in [3.05, 3.63) is 0 Å². The molecule has 120 valence electrons. The van der Waals surface area contributed by atoms with Crippen LogP contribution >= 0.6 is 7.37 Å². The van der Waals surface area contributed by atoms with Crippen molar-refractivity contribution in [2.24, 2.45) is 11.8 Å². The summed E-state index contributed by atoms with van der Waals surface area (Å²) in [6.45, 7) is 11.2. The summed E-state index contributed by atoms with van der Waals surface area (Å²) in [5.74, 6) is 0.775. The Balaban J connectivity index is 3.97. The zero-order valence-corrected chi connectivity index (χ0v) is 14.6. The molecule has 0 aromatic carbocycles. The Labute approximate surface area is 124 Å². The Hall–Kier alpha value is -0.340. The summed E-state index contributed by atoms with van der Waals surface area (Å²) < 4.78 is 23.1. The van der Waals surface area contributed by atoms with Crippen molar-refractivity contribution in [2.75, 3.05) is 25.5 Å². The quantitative estimate of drug-likeness (QED) is 0.421. The van der Waals surface area contributed by atoms with Gasteiger partial charge in [-0.2, -0.15) is 0 Å². The summed E-state index contributed by atoms with van der Waals surface area (Å²) >= 11 is 0. The van der Waals surface area contributed by atoms with Gasteiger partial charge >= 0.3 is 5.97 Å². The largest absolute Gasteiger partial charge is 0.466 e. The zero-order valence-electron chi connectivity index (χ0n) is 13.7. The van der Waals surface area contributed by atoms with Gasteiger partial charge < -0.3 is 9.26 Å². The minimum Gasteiger partial charge on any atom is -0.466 e. The van der Waals surface area contributed by atoms with E-state index in [-0.39, 0.29) is 12.4 Å². The first-order valence-electron chi connectivity index (χ1n) is 7.67. The van der Waals surface area contributed by atoms with Gasteiger partial charge in [0.2, 0.25) is 7.37 Å². The van der Waals surface area contributed by atoms with Crippen LogP contribution in [0.4, 0.5) is 0 Å². The Kier molecular flexibility index (Phi) is 10.2. The van der Waals surface area contributed by atoms with Crippen molar-refractivity contribution in [1.82, 2.24) is 0 Å². The summed E-state index contributed by atoms with van der Waals surface area (Å²) in [5.41, 5.74) is 0. The van der Waals surface area contributed by atoms with Crippen LogP contribution in [0.2, 0.25) is 0 Å². The molecule has 0 amide bonds. The zero-order chi connectivity index (χ0) is 15.6. The van der Waals surface area contributed by atoms with Gasteiger partial charge in [0, 0.05) is 12.3 Å². The van der Waals surface area contributed by atoms with E-state index in [2.05, 4.69) is 27.7 Å². The molecule has 0 aromatic rings. The number of hydrogen-bond acceptors (Lipinski definition) is 4. The number of ether oxygens (including phenoxy) is 1. The fourth-order valence-electron chi connectivity index (χ4n) is 1.51. The topological polar surface area (TPSA) is 52.6 Å². The van der Waals surface area contributed by atoms with Crippen LogP contribution in [-0.4, -0.2) is 31.5 Å². The van der Waals surface area contributed by atoms with Gasteiger partial charge in [0.25, 0.3) is 0 Å². The first-order chi connectivity index (χ1) is 9.29. The summed E-state index contributed by atoms with van der Waals surface area (Å²) in [4.78, 5) is 11.6. The average Bonchev–Trinajstić information content (AvgIpc) is 2.35. The van der Waals surface area contributed by atoms with Gasteiger partial charge in [-0.15, -0.1) is 0 Å². The molecule has 0 N–H and O–H groups in total. The highest BCUT2D eigenvalue weighted by Crippen LogP contribution is 2.47. The van der Waals surface area contributed by atoms with Gasteiger partial charge in [0.1, 0.15) is 0 Å². The molecule has 0 aromatic heterocycles. The van der Waals surface area contributed by atoms with E-state index in [1.165, 1.54) is 0 Å². The average molecular weight is 306 g/mol. The molecule has 0 aliphatic heterocycles. The van der Waals surface area contributed by atoms with Crippen molar-refractivity contribution in [3.8, 4) is 0 Å². The van der Waals surface area contributed by atoms with E-state index < -0.39 is 7.37 Å². The maximum Gasteiger partial charge on any atom is 0.306 e. The third-order valence-electron chi connectivity index (χ3n) is 3.12. The molecule has 0 heterocycles. The highest BCUT2D eigenvalue weighted by atomic mass is 31.2. The summed E-state index contributed by atoms with van der Waals surface area (Å²) in [6, 6.07) is 0. The van der Waals surface area contributed by atoms with E-state index >= 15 is 0 Å². The van der Waals surface area contributed by atoms with E-state index in [1.807, 2.05) is 6.92 Å². The number of carbonyl (C=O) groups is 1. The number of rotatable bonds is 11. The Bertz CT molecular complexity index is 313. The summed E-state index contributed by atoms with van der Waals surface area (Å²) in [7, 11) is -2.66. The number of hydrogen-bond donors (Lipinski definition) is 0. The highest BCUT2D eigenvalue weighted by molar-refractivity contribution is 7.58. The van der Waals surface area contributed by atoms with Gasteiger partial charge in [0.15, 0.2) is 0 Å². The van der Waals surface area contributed by atoms with Crippen molar-refractivity contribution < 1.29 is 18.6 Å². The van der Waals surface area contributed by atoms with Crippen molar-refractivity contribution in [2.45, 2.75) is 53.9 Å². The van der Waals surface area contributed by atoms with Crippen LogP contribution in [0, 0.1) is 11.8 Å². The van der Waals surface area contributed by atoms with E-state index in [9.17, 15) is 9.36 Å². The standard InChI is InChI=1S/C15H31O4P/c1-6-20(17,19-11-8-14(4)5)12-9-15(16)18-10-7-13(2)3/h13-14H,6-12H2,1-5H3. The van der Waals surface area contributed by atoms with Crippen LogP contribution in [0.15, 0.2) is 0 Å². The molecular weight excluding hydrogens is 275 g/mol. The molecular formula is C15H31O4P. The van der Waals surface area contributed by atoms with Crippen LogP contribution in [0.5, 0.6) is 0 Å². The molecule has 0 rings (SSSR count). The van der Waals surface area contributed by atoms with E-state index in [1.54, 1.807) is 0 Å². The van der Waals surface area contributed by atoms with Gasteiger partial charge in [-0.1, -0.05) is 34.6 Å². The Morgan fingerprint density at radius 2 is 1.60 bits per heavy atom. The molecule has 4 nitrogen and oxygen atoms in total. The van der Waals surface area contributed by atoms with Crippen LogP contribution in [0.3, 0.4) is 0 Å². The molecule has 0 spiro atoms. The SMILES string of the molecule is CCP(=O)(CCC(=O)OCCC(C)C)OCCC(C)C. The molecule has 0 fully saturated rings. The second kappa shape index (κ2) is 10.4. The van der Waals surface area contributed by atoms with E-state index in [4.69, 9.17) is 9.26 Å². The highest BCUT2D eigenvalue weighted by Gasteiger charge is 2.22. The normalized spacial score (nSPS) is 14.6. The second-order valence-corrected chi connectivity index (χ2v) is 8.99. The summed E-state index contributed by atoms with van der Waals surface area (Å²) in [6.07, 6.45) is 2.71. The second-order valence-electron chi connectivity index (χ2n) is 6.02. The Morgan fingerprint density at radius 3 is 2.10 bits per heavy atom. The minimum atomic E-state index is -2.66. The van der Waals surface area contributed by atoms with Gasteiger partial charge in [-0.25, -0.2) is 0 Å². The van der Waals surface area contributed by atoms with E-state index in [0.717, 1.165) is 12.8 Å². The minimum absolute atomic E-state index is 0.185. The lowest BCUT2D eigenvalue weighted by Crippen LogP contribution is -2.11. The third kappa shape index (κ3) is 10.4. The fraction of sp³-hybridized carbons (Fsp3) is 0.933. The number of esters is 1. The lowest BCUT2D eigenvalue weighted by atomic mass is 10.1. The van der Waals surface area contributed by atoms with Crippen LogP contribution < -0.4 is 0 Å². The van der Waals surface area contributed by atoms with Crippen LogP contribution in [-0.2, 0) is 18.6 Å². The number of carbonyl (C=O) groups excluding carboxylic acids is 1. The maximum absolute atomic E-state index is 12.4. The lowest BCUT2D eigenvalue weighted by molar-refractivity contribution is -0.143. The molecule has 0 bridgehead atoms. The predicted octanol–water partition coefficient (Wildman–Crippen LogP) is 4.33. The van der Waals surface area contributed by atoms with E-state index in [0.29, 0.717) is 37.4 Å². The molecule has 0 saturated carbocycles. The first-order valence-corrected chi connectivity index (χ1v) is 9.66. The molecule has 5 heteroatoms. The summed E-state index contributed by atoms with van der Waals surface area (Å²) in [5, 5.41) is 0. The van der Waals surface area contributed by atoms with Gasteiger partial charge in [-0.05, 0) is 24.7 Å². The Morgan fingerprint density at radius 1 is 1.05 bits per heavy atom. The van der Waals surface area contributed by atoms with Crippen molar-refractivity contribution in [1.29, 1.82) is 0 Å². The van der Waals surface area contributed by atoms with Crippen LogP contribution in [0.25, 0.3) is 0 Å². The molecule has 0 radical (unpaired) electrons.